The minimum Gasteiger partial charge on any atom is -0.457 e. The second-order valence-corrected chi connectivity index (χ2v) is 12.9. The summed E-state index contributed by atoms with van der Waals surface area (Å²) < 4.78 is 6.59. The lowest BCUT2D eigenvalue weighted by Crippen LogP contribution is -2.39. The fraction of sp³-hybridized carbons (Fsp3) is 0.0213. The van der Waals surface area contributed by atoms with Gasteiger partial charge in [0.25, 0.3) is 0 Å². The number of fused-ring (bicyclic) bond motifs is 8. The smallest absolute Gasteiger partial charge is 0.159 e. The van der Waals surface area contributed by atoms with E-state index in [1.54, 1.807) is 12.4 Å². The van der Waals surface area contributed by atoms with E-state index in [-0.39, 0.29) is 0 Å². The minimum atomic E-state index is -0.581. The Morgan fingerprint density at radius 2 is 0.882 bits per heavy atom. The highest BCUT2D eigenvalue weighted by molar-refractivity contribution is 5.98. The van der Waals surface area contributed by atoms with E-state index >= 15 is 0 Å². The Morgan fingerprint density at radius 3 is 1.53 bits per heavy atom. The van der Waals surface area contributed by atoms with E-state index in [9.17, 15) is 0 Å². The fourth-order valence-electron chi connectivity index (χ4n) is 8.22. The first-order chi connectivity index (χ1) is 25.3. The van der Waals surface area contributed by atoms with Crippen molar-refractivity contribution in [2.45, 2.75) is 5.41 Å². The molecule has 51 heavy (non-hydrogen) atoms. The lowest BCUT2D eigenvalue weighted by Gasteiger charge is -2.48. The van der Waals surface area contributed by atoms with Crippen molar-refractivity contribution >= 4 is 17.1 Å². The number of benzene rings is 7. The van der Waals surface area contributed by atoms with Crippen LogP contribution in [0.5, 0.6) is 11.5 Å². The quantitative estimate of drug-likeness (QED) is 0.189. The third kappa shape index (κ3) is 4.40. The highest BCUT2D eigenvalue weighted by atomic mass is 16.5. The Balaban J connectivity index is 1.21. The molecule has 8 aromatic rings. The monoisotopic (exact) mass is 653 g/mol. The van der Waals surface area contributed by atoms with Crippen molar-refractivity contribution in [2.75, 3.05) is 4.90 Å². The van der Waals surface area contributed by atoms with E-state index in [2.05, 4.69) is 185 Å². The lowest BCUT2D eigenvalue weighted by atomic mass is 9.61. The van der Waals surface area contributed by atoms with Crippen molar-refractivity contribution < 1.29 is 4.74 Å². The number of hydrogen-bond acceptors (Lipinski definition) is 4. The number of ether oxygens (including phenoxy) is 1. The standard InChI is InChI=1S/C47H31N3O/c1-2-18-35(34(17-1)32-15-13-16-33(31-32)46-48-29-14-30-49-46)36-19-3-8-24-41(36)50-42-25-9-4-20-37(42)47(38-21-5-10-26-43(38)50)39-22-6-11-27-44(39)51-45-28-12-7-23-40(45)47/h1-31H. The largest absolute Gasteiger partial charge is 0.457 e. The van der Waals surface area contributed by atoms with Crippen LogP contribution in [0.4, 0.5) is 17.1 Å². The lowest BCUT2D eigenvalue weighted by molar-refractivity contribution is 0.434. The van der Waals surface area contributed by atoms with Gasteiger partial charge in [-0.15, -0.1) is 0 Å². The molecule has 1 aromatic heterocycles. The van der Waals surface area contributed by atoms with E-state index < -0.39 is 5.41 Å². The zero-order valence-electron chi connectivity index (χ0n) is 27.6. The summed E-state index contributed by atoms with van der Waals surface area (Å²) in [5.74, 6) is 2.47. The van der Waals surface area contributed by atoms with Crippen LogP contribution in [0.15, 0.2) is 188 Å². The van der Waals surface area contributed by atoms with Crippen LogP contribution in [0.1, 0.15) is 22.3 Å². The maximum absolute atomic E-state index is 6.59. The van der Waals surface area contributed by atoms with Crippen molar-refractivity contribution in [2.24, 2.45) is 0 Å². The molecule has 0 saturated heterocycles. The van der Waals surface area contributed by atoms with Crippen molar-refractivity contribution in [1.29, 1.82) is 0 Å². The summed E-state index contributed by atoms with van der Waals surface area (Å²) in [6.45, 7) is 0. The van der Waals surface area contributed by atoms with Crippen LogP contribution in [0.2, 0.25) is 0 Å². The number of rotatable bonds is 4. The predicted molar refractivity (Wildman–Crippen MR) is 205 cm³/mol. The van der Waals surface area contributed by atoms with Crippen LogP contribution in [0, 0.1) is 0 Å². The maximum Gasteiger partial charge on any atom is 0.159 e. The van der Waals surface area contributed by atoms with Crippen molar-refractivity contribution in [3.8, 4) is 45.1 Å². The summed E-state index contributed by atoms with van der Waals surface area (Å²) in [4.78, 5) is 11.5. The van der Waals surface area contributed by atoms with Crippen LogP contribution in [-0.4, -0.2) is 9.97 Å². The van der Waals surface area contributed by atoms with Gasteiger partial charge in [0.2, 0.25) is 0 Å². The van der Waals surface area contributed by atoms with E-state index in [4.69, 9.17) is 4.74 Å². The number of nitrogens with zero attached hydrogens (tertiary/aromatic N) is 3. The highest BCUT2D eigenvalue weighted by Crippen LogP contribution is 2.63. The van der Waals surface area contributed by atoms with Crippen LogP contribution in [0.3, 0.4) is 0 Å². The molecule has 0 fully saturated rings. The molecule has 7 aromatic carbocycles. The van der Waals surface area contributed by atoms with Gasteiger partial charge in [-0.05, 0) is 70.3 Å². The van der Waals surface area contributed by atoms with Crippen LogP contribution >= 0.6 is 0 Å². The normalized spacial score (nSPS) is 13.4. The Bertz CT molecular complexity index is 2500. The Hall–Kier alpha value is -6.78. The van der Waals surface area contributed by atoms with Gasteiger partial charge in [-0.25, -0.2) is 9.97 Å². The van der Waals surface area contributed by atoms with Crippen LogP contribution in [-0.2, 0) is 5.41 Å². The van der Waals surface area contributed by atoms with Crippen molar-refractivity contribution in [3.63, 3.8) is 0 Å². The van der Waals surface area contributed by atoms with E-state index in [1.165, 1.54) is 11.1 Å². The third-order valence-corrected chi connectivity index (χ3v) is 10.3. The highest BCUT2D eigenvalue weighted by Gasteiger charge is 2.51. The molecule has 0 amide bonds. The van der Waals surface area contributed by atoms with Crippen LogP contribution < -0.4 is 9.64 Å². The summed E-state index contributed by atoms with van der Waals surface area (Å²) in [6.07, 6.45) is 3.57. The summed E-state index contributed by atoms with van der Waals surface area (Å²) in [5, 5.41) is 0. The summed E-state index contributed by atoms with van der Waals surface area (Å²) in [7, 11) is 0. The molecule has 0 unspecified atom stereocenters. The Morgan fingerprint density at radius 1 is 0.392 bits per heavy atom. The zero-order chi connectivity index (χ0) is 33.8. The molecule has 4 nitrogen and oxygen atoms in total. The van der Waals surface area contributed by atoms with Gasteiger partial charge < -0.3 is 9.64 Å². The molecule has 0 aliphatic carbocycles. The molecule has 4 heteroatoms. The zero-order valence-corrected chi connectivity index (χ0v) is 27.6. The maximum atomic E-state index is 6.59. The van der Waals surface area contributed by atoms with Gasteiger partial charge in [0, 0.05) is 34.6 Å². The molecule has 2 aliphatic rings. The van der Waals surface area contributed by atoms with Gasteiger partial charge in [0.05, 0.1) is 22.5 Å². The van der Waals surface area contributed by atoms with Crippen molar-refractivity contribution in [3.05, 3.63) is 211 Å². The molecule has 10 rings (SSSR count). The summed E-state index contributed by atoms with van der Waals surface area (Å²) >= 11 is 0. The number of hydrogen-bond donors (Lipinski definition) is 0. The predicted octanol–water partition coefficient (Wildman–Crippen LogP) is 11.7. The molecule has 0 bridgehead atoms. The van der Waals surface area contributed by atoms with Gasteiger partial charge in [-0.2, -0.15) is 0 Å². The molecular formula is C47H31N3O. The van der Waals surface area contributed by atoms with Gasteiger partial charge in [0.15, 0.2) is 5.82 Å². The van der Waals surface area contributed by atoms with E-state index in [0.29, 0.717) is 5.82 Å². The van der Waals surface area contributed by atoms with Gasteiger partial charge >= 0.3 is 0 Å². The first-order valence-electron chi connectivity index (χ1n) is 17.2. The molecule has 2 aliphatic heterocycles. The van der Waals surface area contributed by atoms with E-state index in [0.717, 1.165) is 67.5 Å². The minimum absolute atomic E-state index is 0.581. The number of aromatic nitrogens is 2. The molecule has 1 spiro atoms. The number of para-hydroxylation sites is 5. The summed E-state index contributed by atoms with van der Waals surface area (Å²) in [5.41, 5.74) is 13.0. The van der Waals surface area contributed by atoms with Crippen molar-refractivity contribution in [1.82, 2.24) is 9.97 Å². The van der Waals surface area contributed by atoms with E-state index in [1.807, 2.05) is 6.07 Å². The molecule has 0 atom stereocenters. The van der Waals surface area contributed by atoms with Gasteiger partial charge in [-0.1, -0.05) is 133 Å². The SMILES string of the molecule is c1cnc(-c2cccc(-c3ccccc3-c3ccccc3N3c4ccccc4C4(c5ccccc5Oc5ccccc54)c4ccccc43)c2)nc1. The third-order valence-electron chi connectivity index (χ3n) is 10.3. The second-order valence-electron chi connectivity index (χ2n) is 12.9. The number of anilines is 3. The average molecular weight is 654 g/mol. The second kappa shape index (κ2) is 11.7. The van der Waals surface area contributed by atoms with Gasteiger partial charge in [0.1, 0.15) is 11.5 Å². The van der Waals surface area contributed by atoms with Crippen LogP contribution in [0.25, 0.3) is 33.6 Å². The summed E-state index contributed by atoms with van der Waals surface area (Å²) in [6, 6.07) is 62.6. The first-order valence-corrected chi connectivity index (χ1v) is 17.2. The molecule has 0 saturated carbocycles. The average Bonchev–Trinajstić information content (AvgIpc) is 3.21. The molecule has 0 N–H and O–H groups in total. The molecule has 240 valence electrons. The van der Waals surface area contributed by atoms with Gasteiger partial charge in [-0.3, -0.25) is 0 Å². The molecular weight excluding hydrogens is 623 g/mol. The first kappa shape index (κ1) is 29.2. The Kier molecular flexibility index (Phi) is 6.68. The fourth-order valence-corrected chi connectivity index (χ4v) is 8.22. The molecule has 3 heterocycles. The topological polar surface area (TPSA) is 38.2 Å². The Labute approximate surface area is 296 Å². The molecule has 0 radical (unpaired) electrons.